The lowest BCUT2D eigenvalue weighted by molar-refractivity contribution is -0.123. The molecule has 4 aromatic rings. The molecule has 0 spiro atoms. The number of hydrogen-bond donors (Lipinski definition) is 0. The first-order valence-corrected chi connectivity index (χ1v) is 15.2. The fraction of sp³-hybridized carbons (Fsp3) is 0.292. The largest absolute Gasteiger partial charge is 0.494 e. The average Bonchev–Trinajstić information content (AvgIpc) is 3.56. The lowest BCUT2D eigenvalue weighted by Gasteiger charge is -2.33. The second-order valence-electron chi connectivity index (χ2n) is 8.43. The number of carbonyl (C=O) groups is 1. The molecular weight excluding hydrogens is 575 g/mol. The van der Waals surface area contributed by atoms with Gasteiger partial charge in [-0.05, 0) is 49.2 Å². The zero-order valence-electron chi connectivity index (χ0n) is 19.6. The van der Waals surface area contributed by atoms with Gasteiger partial charge in [-0.2, -0.15) is 4.31 Å². The quantitative estimate of drug-likeness (QED) is 0.271. The van der Waals surface area contributed by atoms with Crippen LogP contribution in [0, 0.1) is 5.92 Å². The molecule has 0 N–H and O–H groups in total. The molecule has 1 unspecified atom stereocenters. The summed E-state index contributed by atoms with van der Waals surface area (Å²) in [6.45, 7) is 0.601. The molecule has 1 atom stereocenters. The van der Waals surface area contributed by atoms with Gasteiger partial charge in [-0.3, -0.25) is 14.7 Å². The number of fused-ring (bicyclic) bond motifs is 1. The minimum Gasteiger partial charge on any atom is -0.494 e. The van der Waals surface area contributed by atoms with Gasteiger partial charge in [0.1, 0.15) is 15.5 Å². The fourth-order valence-corrected chi connectivity index (χ4v) is 8.68. The molecule has 4 heterocycles. The first-order valence-electron chi connectivity index (χ1n) is 11.4. The number of nitrogens with zero attached hydrogens (tertiary/aromatic N) is 4. The summed E-state index contributed by atoms with van der Waals surface area (Å²) in [4.78, 5) is 24.7. The molecule has 3 aromatic heterocycles. The Balaban J connectivity index is 1.49. The Morgan fingerprint density at radius 3 is 2.73 bits per heavy atom. The summed E-state index contributed by atoms with van der Waals surface area (Å²) in [6, 6.07) is 12.0. The van der Waals surface area contributed by atoms with E-state index >= 15 is 0 Å². The van der Waals surface area contributed by atoms with Crippen LogP contribution in [0.3, 0.4) is 0 Å². The number of hydrogen-bond acceptors (Lipinski definition) is 8. The van der Waals surface area contributed by atoms with Crippen molar-refractivity contribution >= 4 is 77.2 Å². The van der Waals surface area contributed by atoms with Gasteiger partial charge in [0.15, 0.2) is 5.13 Å². The molecule has 0 bridgehead atoms. The van der Waals surface area contributed by atoms with Crippen molar-refractivity contribution in [2.45, 2.75) is 23.6 Å². The maximum Gasteiger partial charge on any atom is 0.252 e. The Morgan fingerprint density at radius 1 is 1.19 bits per heavy atom. The number of ether oxygens (including phenoxy) is 1. The van der Waals surface area contributed by atoms with E-state index in [1.165, 1.54) is 21.7 Å². The van der Waals surface area contributed by atoms with Crippen LogP contribution in [0.2, 0.25) is 9.36 Å². The first-order chi connectivity index (χ1) is 17.8. The molecule has 0 radical (unpaired) electrons. The molecule has 1 fully saturated rings. The number of carbonyl (C=O) groups excluding carboxylic acids is 1. The van der Waals surface area contributed by atoms with Crippen molar-refractivity contribution in [2.75, 3.05) is 25.1 Å². The van der Waals surface area contributed by atoms with Crippen molar-refractivity contribution in [3.63, 3.8) is 0 Å². The summed E-state index contributed by atoms with van der Waals surface area (Å²) < 4.78 is 34.6. The molecule has 0 saturated carbocycles. The van der Waals surface area contributed by atoms with E-state index < -0.39 is 15.9 Å². The molecule has 1 saturated heterocycles. The van der Waals surface area contributed by atoms with Crippen molar-refractivity contribution in [3.8, 4) is 5.75 Å². The summed E-state index contributed by atoms with van der Waals surface area (Å²) in [5, 5.41) is 0.955. The van der Waals surface area contributed by atoms with Crippen molar-refractivity contribution in [1.29, 1.82) is 0 Å². The highest BCUT2D eigenvalue weighted by Crippen LogP contribution is 2.40. The molecule has 5 rings (SSSR count). The second kappa shape index (κ2) is 10.8. The van der Waals surface area contributed by atoms with Gasteiger partial charge in [0.2, 0.25) is 5.91 Å². The van der Waals surface area contributed by atoms with Gasteiger partial charge in [0.05, 0.1) is 39.3 Å². The zero-order valence-corrected chi connectivity index (χ0v) is 23.6. The van der Waals surface area contributed by atoms with Crippen LogP contribution >= 0.6 is 45.9 Å². The number of benzene rings is 1. The third kappa shape index (κ3) is 5.34. The number of anilines is 1. The lowest BCUT2D eigenvalue weighted by Crippen LogP contribution is -2.46. The predicted molar refractivity (Wildman–Crippen MR) is 147 cm³/mol. The highest BCUT2D eigenvalue weighted by Gasteiger charge is 2.37. The van der Waals surface area contributed by atoms with Gasteiger partial charge in [0, 0.05) is 19.3 Å². The molecular formula is C24H22Cl2N4O4S3. The van der Waals surface area contributed by atoms with E-state index in [2.05, 4.69) is 4.98 Å². The Labute approximate surface area is 232 Å². The second-order valence-corrected chi connectivity index (χ2v) is 13.7. The normalized spacial score (nSPS) is 16.7. The Kier molecular flexibility index (Phi) is 7.71. The van der Waals surface area contributed by atoms with E-state index in [0.29, 0.717) is 55.5 Å². The molecule has 37 heavy (non-hydrogen) atoms. The molecule has 1 aromatic carbocycles. The summed E-state index contributed by atoms with van der Waals surface area (Å²) in [5.41, 5.74) is 1.25. The van der Waals surface area contributed by atoms with Crippen molar-refractivity contribution < 1.29 is 17.9 Å². The minimum atomic E-state index is -3.75. The number of pyridine rings is 1. The van der Waals surface area contributed by atoms with Crippen LogP contribution in [0.15, 0.2) is 52.9 Å². The van der Waals surface area contributed by atoms with E-state index in [9.17, 15) is 13.2 Å². The van der Waals surface area contributed by atoms with Crippen molar-refractivity contribution in [3.05, 3.63) is 63.7 Å². The van der Waals surface area contributed by atoms with Gasteiger partial charge >= 0.3 is 0 Å². The van der Waals surface area contributed by atoms with Crippen LogP contribution in [-0.4, -0.2) is 48.8 Å². The van der Waals surface area contributed by atoms with E-state index in [4.69, 9.17) is 32.9 Å². The number of halogens is 2. The third-order valence-corrected chi connectivity index (χ3v) is 11.2. The number of sulfonamides is 1. The number of aromatic nitrogens is 2. The number of methoxy groups -OCH3 is 1. The highest BCUT2D eigenvalue weighted by molar-refractivity contribution is 7.91. The molecule has 1 amide bonds. The maximum absolute atomic E-state index is 14.0. The minimum absolute atomic E-state index is 0.0738. The summed E-state index contributed by atoms with van der Waals surface area (Å²) in [7, 11) is -2.20. The number of thiazole rings is 1. The van der Waals surface area contributed by atoms with Crippen LogP contribution in [0.1, 0.15) is 18.5 Å². The maximum atomic E-state index is 14.0. The monoisotopic (exact) mass is 596 g/mol. The zero-order chi connectivity index (χ0) is 26.2. The topological polar surface area (TPSA) is 92.7 Å². The van der Waals surface area contributed by atoms with E-state index in [1.807, 2.05) is 12.1 Å². The number of thiophene rings is 1. The van der Waals surface area contributed by atoms with Crippen LogP contribution < -0.4 is 9.64 Å². The Bertz CT molecular complexity index is 1540. The summed E-state index contributed by atoms with van der Waals surface area (Å²) in [6.07, 6.45) is 2.78. The lowest BCUT2D eigenvalue weighted by atomic mass is 9.98. The van der Waals surface area contributed by atoms with E-state index in [0.717, 1.165) is 11.3 Å². The molecule has 13 heteroatoms. The number of amides is 1. The number of rotatable bonds is 7. The van der Waals surface area contributed by atoms with E-state index in [-0.39, 0.29) is 23.2 Å². The molecule has 1 aliphatic rings. The fourth-order valence-electron chi connectivity index (χ4n) is 4.26. The molecule has 1 aliphatic heterocycles. The average molecular weight is 598 g/mol. The van der Waals surface area contributed by atoms with Gasteiger partial charge < -0.3 is 4.74 Å². The smallest absolute Gasteiger partial charge is 0.252 e. The van der Waals surface area contributed by atoms with Gasteiger partial charge in [-0.1, -0.05) is 40.6 Å². The van der Waals surface area contributed by atoms with Crippen LogP contribution in [0.5, 0.6) is 5.75 Å². The first kappa shape index (κ1) is 26.3. The van der Waals surface area contributed by atoms with Crippen molar-refractivity contribution in [2.24, 2.45) is 5.92 Å². The summed E-state index contributed by atoms with van der Waals surface area (Å²) in [5.74, 6) is -0.215. The highest BCUT2D eigenvalue weighted by atomic mass is 35.5. The summed E-state index contributed by atoms with van der Waals surface area (Å²) >= 11 is 14.7. The number of piperidine rings is 1. The van der Waals surface area contributed by atoms with E-state index in [1.54, 1.807) is 42.5 Å². The Morgan fingerprint density at radius 2 is 2.03 bits per heavy atom. The van der Waals surface area contributed by atoms with Gasteiger partial charge in [0.25, 0.3) is 10.0 Å². The van der Waals surface area contributed by atoms with Gasteiger partial charge in [-0.15, -0.1) is 11.3 Å². The van der Waals surface area contributed by atoms with Crippen LogP contribution in [-0.2, 0) is 21.4 Å². The third-order valence-electron chi connectivity index (χ3n) is 6.09. The van der Waals surface area contributed by atoms with Crippen LogP contribution in [0.4, 0.5) is 5.13 Å². The molecule has 0 aliphatic carbocycles. The predicted octanol–water partition coefficient (Wildman–Crippen LogP) is 5.70. The van der Waals surface area contributed by atoms with Crippen LogP contribution in [0.25, 0.3) is 10.2 Å². The van der Waals surface area contributed by atoms with Crippen molar-refractivity contribution in [1.82, 2.24) is 14.3 Å². The molecule has 194 valence electrons. The Hall–Kier alpha value is -2.28. The standard InChI is InChI=1S/C24H22Cl2N4O4S3/c1-34-18-8-7-17(25)22-21(18)28-24(36-22)30(14-16-6-2-3-11-27-16)23(31)15-5-4-12-29(13-15)37(32,33)20-10-9-19(26)35-20/h2-3,6-11,15H,4-5,12-14H2,1H3. The SMILES string of the molecule is COc1ccc(Cl)c2sc(N(Cc3ccccn3)C(=O)C3CCCN(S(=O)(=O)c4ccc(Cl)s4)C3)nc12. The van der Waals surface area contributed by atoms with Gasteiger partial charge in [-0.25, -0.2) is 13.4 Å². The molecule has 8 nitrogen and oxygen atoms in total.